The monoisotopic (exact) mass is 349 g/mol. The van der Waals surface area contributed by atoms with Crippen molar-refractivity contribution >= 4 is 11.6 Å². The molecule has 3 N–H and O–H groups in total. The molecule has 0 aliphatic carbocycles. The Morgan fingerprint density at radius 3 is 2.31 bits per heavy atom. The average molecular weight is 349 g/mol. The zero-order valence-corrected chi connectivity index (χ0v) is 14.7. The molecule has 0 saturated carbocycles. The van der Waals surface area contributed by atoms with Crippen molar-refractivity contribution in [1.82, 2.24) is 0 Å². The van der Waals surface area contributed by atoms with Gasteiger partial charge in [-0.25, -0.2) is 4.39 Å². The second-order valence-corrected chi connectivity index (χ2v) is 6.25. The Morgan fingerprint density at radius 2 is 1.62 bits per heavy atom. The van der Waals surface area contributed by atoms with Gasteiger partial charge in [0.1, 0.15) is 12.4 Å². The number of hydrogen-bond acceptors (Lipinski definition) is 1. The van der Waals surface area contributed by atoms with E-state index in [1.807, 2.05) is 47.8 Å². The second-order valence-electron chi connectivity index (χ2n) is 6.25. The van der Waals surface area contributed by atoms with Crippen molar-refractivity contribution in [2.24, 2.45) is 0 Å². The quantitative estimate of drug-likeness (QED) is 0.702. The summed E-state index contributed by atoms with van der Waals surface area (Å²) in [6, 6.07) is 23.3. The first kappa shape index (κ1) is 17.8. The van der Waals surface area contributed by atoms with Crippen LogP contribution in [0.2, 0.25) is 0 Å². The van der Waals surface area contributed by atoms with E-state index in [4.69, 9.17) is 0 Å². The molecule has 0 spiro atoms. The molecule has 0 aliphatic rings. The van der Waals surface area contributed by atoms with Crippen LogP contribution in [0.4, 0.5) is 10.1 Å². The summed E-state index contributed by atoms with van der Waals surface area (Å²) in [5.74, 6) is -0.454. The van der Waals surface area contributed by atoms with Crippen LogP contribution < -0.4 is 10.6 Å². The van der Waals surface area contributed by atoms with E-state index in [2.05, 4.69) is 24.4 Å². The van der Waals surface area contributed by atoms with Crippen LogP contribution in [0.25, 0.3) is 0 Å². The van der Waals surface area contributed by atoms with Crippen LogP contribution in [0.1, 0.15) is 22.7 Å². The normalized spacial score (nSPS) is 11.8. The van der Waals surface area contributed by atoms with Gasteiger partial charge in [-0.15, -0.1) is 0 Å². The van der Waals surface area contributed by atoms with Gasteiger partial charge >= 0.3 is 0 Å². The number of anilines is 1. The number of carbonyl (C=O) groups is 1. The number of nitrogens with two attached hydrogens (primary N) is 1. The molecule has 3 aromatic carbocycles. The molecule has 132 valence electrons. The van der Waals surface area contributed by atoms with E-state index in [9.17, 15) is 9.18 Å². The number of amides is 1. The zero-order valence-electron chi connectivity index (χ0n) is 14.7. The van der Waals surface area contributed by atoms with Gasteiger partial charge < -0.3 is 10.6 Å². The van der Waals surface area contributed by atoms with Crippen LogP contribution in [0.3, 0.4) is 0 Å². The predicted molar refractivity (Wildman–Crippen MR) is 101 cm³/mol. The van der Waals surface area contributed by atoms with E-state index >= 15 is 0 Å². The minimum atomic E-state index is -0.388. The van der Waals surface area contributed by atoms with Gasteiger partial charge in [0.25, 0.3) is 5.91 Å². The third-order valence-corrected chi connectivity index (χ3v) is 4.39. The molecule has 0 aromatic heterocycles. The van der Waals surface area contributed by atoms with E-state index in [0.717, 1.165) is 5.56 Å². The summed E-state index contributed by atoms with van der Waals surface area (Å²) in [5, 5.41) is 4.91. The molecule has 0 aliphatic heterocycles. The first-order valence-corrected chi connectivity index (χ1v) is 8.62. The minimum absolute atomic E-state index is 0.128. The first-order valence-electron chi connectivity index (χ1n) is 8.62. The molecule has 3 rings (SSSR count). The maximum absolute atomic E-state index is 13.1. The van der Waals surface area contributed by atoms with Crippen molar-refractivity contribution in [3.63, 3.8) is 0 Å². The third-order valence-electron chi connectivity index (χ3n) is 4.39. The van der Waals surface area contributed by atoms with Gasteiger partial charge in [-0.2, -0.15) is 0 Å². The highest BCUT2D eigenvalue weighted by Gasteiger charge is 2.24. The van der Waals surface area contributed by atoms with E-state index < -0.39 is 0 Å². The molecule has 1 amide bonds. The molecule has 0 radical (unpaired) electrons. The standard InChI is InChI=1S/C22H21FN2O/c1-16-7-5-6-10-18(16)15-24-21(17-8-3-2-4-9-17)22(26)25-20-13-11-19(23)12-14-20/h2-14,21,24H,15H2,1H3,(H,25,26)/p+1/t21-/m1/s1. The summed E-state index contributed by atoms with van der Waals surface area (Å²) in [6.07, 6.45) is 0. The van der Waals surface area contributed by atoms with Crippen LogP contribution in [0.5, 0.6) is 0 Å². The van der Waals surface area contributed by atoms with Gasteiger partial charge in [0.15, 0.2) is 6.04 Å². The van der Waals surface area contributed by atoms with Crippen molar-refractivity contribution in [1.29, 1.82) is 0 Å². The maximum Gasteiger partial charge on any atom is 0.287 e. The summed E-state index contributed by atoms with van der Waals surface area (Å²) in [6.45, 7) is 2.77. The fourth-order valence-electron chi connectivity index (χ4n) is 2.89. The number of aryl methyl sites for hydroxylation is 1. The molecular formula is C22H22FN2O+. The Balaban J connectivity index is 1.78. The number of carbonyl (C=O) groups excluding carboxylic acids is 1. The number of hydrogen-bond donors (Lipinski definition) is 2. The molecule has 0 fully saturated rings. The number of nitrogens with one attached hydrogen (secondary N) is 1. The summed E-state index contributed by atoms with van der Waals surface area (Å²) in [5.41, 5.74) is 3.92. The predicted octanol–water partition coefficient (Wildman–Crippen LogP) is 3.58. The van der Waals surface area contributed by atoms with Crippen LogP contribution in [-0.2, 0) is 11.3 Å². The average Bonchev–Trinajstić information content (AvgIpc) is 2.66. The summed E-state index contributed by atoms with van der Waals surface area (Å²) >= 11 is 0. The van der Waals surface area contributed by atoms with Crippen LogP contribution in [0, 0.1) is 12.7 Å². The molecule has 3 aromatic rings. The highest BCUT2D eigenvalue weighted by molar-refractivity contribution is 5.94. The summed E-state index contributed by atoms with van der Waals surface area (Å²) in [7, 11) is 0. The highest BCUT2D eigenvalue weighted by Crippen LogP contribution is 2.14. The lowest BCUT2D eigenvalue weighted by Crippen LogP contribution is -2.85. The van der Waals surface area contributed by atoms with Crippen molar-refractivity contribution in [3.8, 4) is 0 Å². The lowest BCUT2D eigenvalue weighted by molar-refractivity contribution is -0.697. The Kier molecular flexibility index (Phi) is 5.77. The van der Waals surface area contributed by atoms with Gasteiger partial charge in [0.05, 0.1) is 0 Å². The molecular weight excluding hydrogens is 327 g/mol. The smallest absolute Gasteiger partial charge is 0.287 e. The number of benzene rings is 3. The van der Waals surface area contributed by atoms with Gasteiger partial charge in [-0.1, -0.05) is 54.6 Å². The fourth-order valence-corrected chi connectivity index (χ4v) is 2.89. The summed E-state index contributed by atoms with van der Waals surface area (Å²) < 4.78 is 13.1. The third kappa shape index (κ3) is 4.55. The number of halogens is 1. The number of rotatable bonds is 6. The largest absolute Gasteiger partial charge is 0.328 e. The first-order chi connectivity index (χ1) is 12.6. The van der Waals surface area contributed by atoms with Gasteiger partial charge in [0.2, 0.25) is 0 Å². The van der Waals surface area contributed by atoms with Crippen molar-refractivity contribution in [2.45, 2.75) is 19.5 Å². The van der Waals surface area contributed by atoms with Crippen molar-refractivity contribution in [2.75, 3.05) is 5.32 Å². The van der Waals surface area contributed by atoms with Gasteiger partial charge in [-0.3, -0.25) is 4.79 Å². The Bertz CT molecular complexity index is 863. The molecule has 3 nitrogen and oxygen atoms in total. The van der Waals surface area contributed by atoms with Crippen LogP contribution in [0.15, 0.2) is 78.9 Å². The molecule has 0 saturated heterocycles. The molecule has 4 heteroatoms. The summed E-state index contributed by atoms with van der Waals surface area (Å²) in [4.78, 5) is 12.9. The molecule has 0 unspecified atom stereocenters. The SMILES string of the molecule is Cc1ccccc1C[NH2+][C@@H](C(=O)Nc1ccc(F)cc1)c1ccccc1. The maximum atomic E-state index is 13.1. The van der Waals surface area contributed by atoms with E-state index in [1.165, 1.54) is 23.3 Å². The minimum Gasteiger partial charge on any atom is -0.328 e. The Morgan fingerprint density at radius 1 is 0.962 bits per heavy atom. The van der Waals surface area contributed by atoms with E-state index in [0.29, 0.717) is 12.2 Å². The fraction of sp³-hybridized carbons (Fsp3) is 0.136. The van der Waals surface area contributed by atoms with Crippen LogP contribution in [-0.4, -0.2) is 5.91 Å². The second kappa shape index (κ2) is 8.41. The van der Waals surface area contributed by atoms with Crippen molar-refractivity contribution < 1.29 is 14.5 Å². The zero-order chi connectivity index (χ0) is 18.4. The van der Waals surface area contributed by atoms with Gasteiger partial charge in [-0.05, 0) is 36.8 Å². The van der Waals surface area contributed by atoms with Crippen LogP contribution >= 0.6 is 0 Å². The highest BCUT2D eigenvalue weighted by atomic mass is 19.1. The Labute approximate surface area is 152 Å². The van der Waals surface area contributed by atoms with E-state index in [1.54, 1.807) is 12.1 Å². The lowest BCUT2D eigenvalue weighted by atomic mass is 10.0. The molecule has 0 bridgehead atoms. The lowest BCUT2D eigenvalue weighted by Gasteiger charge is -2.17. The molecule has 0 heterocycles. The molecule has 26 heavy (non-hydrogen) atoms. The molecule has 1 atom stereocenters. The van der Waals surface area contributed by atoms with Gasteiger partial charge in [0, 0.05) is 16.8 Å². The Hall–Kier alpha value is -2.98. The topological polar surface area (TPSA) is 45.7 Å². The number of quaternary nitrogens is 1. The van der Waals surface area contributed by atoms with E-state index in [-0.39, 0.29) is 17.8 Å². The van der Waals surface area contributed by atoms with Crippen molar-refractivity contribution in [3.05, 3.63) is 101 Å².